The molecule has 0 bridgehead atoms. The Morgan fingerprint density at radius 1 is 0.368 bits per heavy atom. The van der Waals surface area contributed by atoms with Crippen LogP contribution in [0.5, 0.6) is 0 Å². The maximum absolute atomic E-state index is 2.24. The van der Waals surface area contributed by atoms with E-state index in [1.54, 1.807) is 0 Å². The fourth-order valence-electron chi connectivity index (χ4n) is 2.77. The van der Waals surface area contributed by atoms with Gasteiger partial charge in [0.2, 0.25) is 0 Å². The largest absolute Gasteiger partial charge is 0.0616 e. The molecule has 1 heteroatoms. The topological polar surface area (TPSA) is 0 Å². The van der Waals surface area contributed by atoms with Gasteiger partial charge in [-0.25, -0.2) is 0 Å². The van der Waals surface area contributed by atoms with Crippen molar-refractivity contribution in [1.29, 1.82) is 0 Å². The molecule has 1 radical (unpaired) electrons. The zero-order chi connectivity index (χ0) is 11.9. The van der Waals surface area contributed by atoms with Crippen LogP contribution in [-0.4, -0.2) is 18.9 Å². The van der Waals surface area contributed by atoms with Crippen LogP contribution >= 0.6 is 0 Å². The molecule has 0 nitrogen and oxygen atoms in total. The van der Waals surface area contributed by atoms with Crippen molar-refractivity contribution < 1.29 is 0 Å². The summed E-state index contributed by atoms with van der Waals surface area (Å²) in [5.41, 5.74) is 0. The van der Waals surface area contributed by atoms with Crippen molar-refractivity contribution in [2.75, 3.05) is 0 Å². The minimum absolute atomic E-state index is 0. The summed E-state index contributed by atoms with van der Waals surface area (Å²) in [4.78, 5) is 0. The van der Waals surface area contributed by atoms with Crippen molar-refractivity contribution >= 4 is 51.2 Å². The molecule has 0 aliphatic heterocycles. The Kier molecular flexibility index (Phi) is 3.07. The second kappa shape index (κ2) is 4.74. The summed E-state index contributed by atoms with van der Waals surface area (Å²) in [5.74, 6) is 0. The zero-order valence-electron chi connectivity index (χ0n) is 10.9. The first kappa shape index (κ1) is 12.3. The minimum atomic E-state index is 0. The van der Waals surface area contributed by atoms with Crippen molar-refractivity contribution in [3.05, 3.63) is 72.8 Å². The van der Waals surface area contributed by atoms with Crippen molar-refractivity contribution in [2.24, 2.45) is 0 Å². The maximum atomic E-state index is 2.24. The Hall–Kier alpha value is -1.74. The summed E-state index contributed by atoms with van der Waals surface area (Å²) >= 11 is 0. The molecule has 4 aromatic rings. The van der Waals surface area contributed by atoms with Crippen LogP contribution in [0.4, 0.5) is 0 Å². The molecule has 85 valence electrons. The molecule has 4 rings (SSSR count). The Morgan fingerprint density at radius 2 is 0.789 bits per heavy atom. The first-order valence-electron chi connectivity index (χ1n) is 6.23. The molecule has 0 atom stereocenters. The summed E-state index contributed by atoms with van der Waals surface area (Å²) in [6, 6.07) is 26.0. The number of rotatable bonds is 0. The van der Waals surface area contributed by atoms with Gasteiger partial charge < -0.3 is 0 Å². The molecule has 0 N–H and O–H groups in total. The van der Waals surface area contributed by atoms with Gasteiger partial charge in [0.25, 0.3) is 0 Å². The molecule has 0 saturated heterocycles. The van der Waals surface area contributed by atoms with Gasteiger partial charge in [-0.15, -0.1) is 0 Å². The average molecular weight is 235 g/mol. The molecule has 19 heavy (non-hydrogen) atoms. The van der Waals surface area contributed by atoms with Crippen LogP contribution in [0, 0.1) is 0 Å². The number of hydrogen-bond acceptors (Lipinski definition) is 0. The first-order valence-corrected chi connectivity index (χ1v) is 6.23. The molecule has 0 heterocycles. The van der Waals surface area contributed by atoms with Gasteiger partial charge in [0.1, 0.15) is 0 Å². The SMILES string of the molecule is [Li].c1ccc2c(c1)ccc1c3ccccc3ccc21. The minimum Gasteiger partial charge on any atom is -0.0616 e. The van der Waals surface area contributed by atoms with Gasteiger partial charge >= 0.3 is 0 Å². The van der Waals surface area contributed by atoms with Crippen LogP contribution in [0.3, 0.4) is 0 Å². The monoisotopic (exact) mass is 235 g/mol. The smallest absolute Gasteiger partial charge is 0 e. The number of benzene rings is 4. The first-order chi connectivity index (χ1) is 8.93. The maximum Gasteiger partial charge on any atom is 0 e. The molecule has 0 fully saturated rings. The molecule has 0 aliphatic carbocycles. The number of fused-ring (bicyclic) bond motifs is 5. The fourth-order valence-corrected chi connectivity index (χ4v) is 2.77. The van der Waals surface area contributed by atoms with Crippen LogP contribution in [-0.2, 0) is 0 Å². The van der Waals surface area contributed by atoms with Gasteiger partial charge in [-0.2, -0.15) is 0 Å². The van der Waals surface area contributed by atoms with Gasteiger partial charge in [-0.1, -0.05) is 72.8 Å². The van der Waals surface area contributed by atoms with Gasteiger partial charge in [0, 0.05) is 18.9 Å². The van der Waals surface area contributed by atoms with Crippen LogP contribution in [0.25, 0.3) is 32.3 Å². The third-order valence-corrected chi connectivity index (χ3v) is 3.65. The summed E-state index contributed by atoms with van der Waals surface area (Å²) in [7, 11) is 0. The second-order valence-electron chi connectivity index (χ2n) is 4.67. The Morgan fingerprint density at radius 3 is 1.26 bits per heavy atom. The van der Waals surface area contributed by atoms with Gasteiger partial charge in [-0.3, -0.25) is 0 Å². The van der Waals surface area contributed by atoms with E-state index in [1.807, 2.05) is 0 Å². The van der Waals surface area contributed by atoms with E-state index < -0.39 is 0 Å². The van der Waals surface area contributed by atoms with Crippen molar-refractivity contribution in [2.45, 2.75) is 0 Å². The predicted molar refractivity (Wildman–Crippen MR) is 84.7 cm³/mol. The van der Waals surface area contributed by atoms with E-state index in [1.165, 1.54) is 32.3 Å². The van der Waals surface area contributed by atoms with Crippen LogP contribution in [0.2, 0.25) is 0 Å². The van der Waals surface area contributed by atoms with Crippen molar-refractivity contribution in [1.82, 2.24) is 0 Å². The molecule has 4 aromatic carbocycles. The quantitative estimate of drug-likeness (QED) is 0.304. The van der Waals surface area contributed by atoms with E-state index >= 15 is 0 Å². The average Bonchev–Trinajstić information content (AvgIpc) is 2.46. The Bertz CT molecular complexity index is 803. The van der Waals surface area contributed by atoms with Crippen LogP contribution in [0.1, 0.15) is 0 Å². The van der Waals surface area contributed by atoms with Crippen LogP contribution < -0.4 is 0 Å². The molecule has 0 spiro atoms. The van der Waals surface area contributed by atoms with Gasteiger partial charge in [0.05, 0.1) is 0 Å². The molecule has 0 unspecified atom stereocenters. The van der Waals surface area contributed by atoms with E-state index in [-0.39, 0.29) is 18.9 Å². The second-order valence-corrected chi connectivity index (χ2v) is 4.67. The Labute approximate surface area is 124 Å². The molecular weight excluding hydrogens is 223 g/mol. The van der Waals surface area contributed by atoms with Gasteiger partial charge in [0.15, 0.2) is 0 Å². The van der Waals surface area contributed by atoms with Crippen LogP contribution in [0.15, 0.2) is 72.8 Å². The predicted octanol–water partition coefficient (Wildman–Crippen LogP) is 4.77. The summed E-state index contributed by atoms with van der Waals surface area (Å²) in [6.07, 6.45) is 0. The molecular formula is C18H12Li. The van der Waals surface area contributed by atoms with E-state index in [9.17, 15) is 0 Å². The molecule has 0 amide bonds. The van der Waals surface area contributed by atoms with Gasteiger partial charge in [-0.05, 0) is 32.3 Å². The zero-order valence-corrected chi connectivity index (χ0v) is 10.9. The van der Waals surface area contributed by atoms with Crippen molar-refractivity contribution in [3.63, 3.8) is 0 Å². The van der Waals surface area contributed by atoms with E-state index in [0.29, 0.717) is 0 Å². The number of hydrogen-bond donors (Lipinski definition) is 0. The molecule has 0 aliphatic rings. The van der Waals surface area contributed by atoms with E-state index in [2.05, 4.69) is 72.8 Å². The summed E-state index contributed by atoms with van der Waals surface area (Å²) in [5, 5.41) is 7.96. The molecule has 0 aromatic heterocycles. The summed E-state index contributed by atoms with van der Waals surface area (Å²) in [6.45, 7) is 0. The third-order valence-electron chi connectivity index (χ3n) is 3.65. The van der Waals surface area contributed by atoms with E-state index in [4.69, 9.17) is 0 Å². The third kappa shape index (κ3) is 1.85. The summed E-state index contributed by atoms with van der Waals surface area (Å²) < 4.78 is 0. The Balaban J connectivity index is 0.00000110. The van der Waals surface area contributed by atoms with E-state index in [0.717, 1.165) is 0 Å². The fraction of sp³-hybridized carbons (Fsp3) is 0. The normalized spacial score (nSPS) is 10.7. The standard InChI is InChI=1S/C18H12.Li/c1-3-7-15-13(5-1)9-11-18-16-8-4-2-6-14(16)10-12-17(15)18;/h1-12H;. The van der Waals surface area contributed by atoms with Crippen molar-refractivity contribution in [3.8, 4) is 0 Å². The molecule has 0 saturated carbocycles.